The summed E-state index contributed by atoms with van der Waals surface area (Å²) in [5.74, 6) is 0.248. The van der Waals surface area contributed by atoms with Crippen LogP contribution in [0.15, 0.2) is 24.3 Å². The van der Waals surface area contributed by atoms with Crippen molar-refractivity contribution in [3.63, 3.8) is 0 Å². The Kier molecular flexibility index (Phi) is 7.73. The van der Waals surface area contributed by atoms with Gasteiger partial charge in [-0.25, -0.2) is 4.79 Å². The zero-order chi connectivity index (χ0) is 14.8. The first-order valence-corrected chi connectivity index (χ1v) is 7.05. The van der Waals surface area contributed by atoms with Crippen LogP contribution in [-0.4, -0.2) is 12.6 Å². The largest absolute Gasteiger partial charge is 0.494 e. The number of rotatable bonds is 9. The Balaban J connectivity index is 2.34. The van der Waals surface area contributed by atoms with E-state index in [9.17, 15) is 4.79 Å². The van der Waals surface area contributed by atoms with Gasteiger partial charge in [-0.15, -0.1) is 0 Å². The minimum absolute atomic E-state index is 0.435. The molecule has 1 radical (unpaired) electrons. The van der Waals surface area contributed by atoms with Gasteiger partial charge in [-0.3, -0.25) is 4.89 Å². The first-order valence-electron chi connectivity index (χ1n) is 7.05. The van der Waals surface area contributed by atoms with Crippen LogP contribution in [0.4, 0.5) is 0 Å². The molecule has 0 saturated carbocycles. The fourth-order valence-corrected chi connectivity index (χ4v) is 1.58. The van der Waals surface area contributed by atoms with Crippen LogP contribution in [0.25, 0.3) is 0 Å². The molecule has 0 aliphatic heterocycles. The molecule has 1 aromatic carbocycles. The Bertz CT molecular complexity index is 384. The van der Waals surface area contributed by atoms with E-state index in [-0.39, 0.29) is 0 Å². The summed E-state index contributed by atoms with van der Waals surface area (Å²) in [6, 6.07) is 6.86. The normalized spacial score (nSPS) is 10.6. The van der Waals surface area contributed by atoms with E-state index in [0.29, 0.717) is 18.3 Å². The fraction of sp³-hybridized carbons (Fsp3) is 0.500. The third-order valence-corrected chi connectivity index (χ3v) is 2.64. The highest BCUT2D eigenvalue weighted by molar-refractivity contribution is 5.89. The topological polar surface area (TPSA) is 44.8 Å². The molecule has 0 fully saturated rings. The minimum atomic E-state index is -0.513. The second kappa shape index (κ2) is 9.37. The lowest BCUT2D eigenvalue weighted by molar-refractivity contribution is -0.229. The lowest BCUT2D eigenvalue weighted by Gasteiger charge is -2.07. The molecular weight excluding hydrogens is 256 g/mol. The Labute approximate surface area is 121 Å². The van der Waals surface area contributed by atoms with Crippen LogP contribution >= 0.6 is 0 Å². The highest BCUT2D eigenvalue weighted by Gasteiger charge is 2.09. The molecule has 111 valence electrons. The summed E-state index contributed by atoms with van der Waals surface area (Å²) in [4.78, 5) is 21.0. The van der Waals surface area contributed by atoms with Gasteiger partial charge in [0.05, 0.1) is 12.2 Å². The number of carbonyl (C=O) groups is 1. The van der Waals surface area contributed by atoms with Crippen LogP contribution in [-0.2, 0) is 9.78 Å². The zero-order valence-electron chi connectivity index (χ0n) is 12.5. The molecule has 0 atom stereocenters. The fourth-order valence-electron chi connectivity index (χ4n) is 1.58. The van der Waals surface area contributed by atoms with Crippen molar-refractivity contribution in [3.05, 3.63) is 35.9 Å². The molecule has 1 aromatic rings. The van der Waals surface area contributed by atoms with Crippen LogP contribution in [0.3, 0.4) is 0 Å². The van der Waals surface area contributed by atoms with Crippen LogP contribution in [0.1, 0.15) is 56.8 Å². The van der Waals surface area contributed by atoms with Crippen molar-refractivity contribution in [3.8, 4) is 5.75 Å². The Morgan fingerprint density at radius 1 is 1.00 bits per heavy atom. The highest BCUT2D eigenvalue weighted by Crippen LogP contribution is 2.14. The first kappa shape index (κ1) is 16.5. The second-order valence-corrected chi connectivity index (χ2v) is 4.80. The number of benzene rings is 1. The maximum atomic E-state index is 11.6. The molecule has 0 aliphatic carbocycles. The van der Waals surface area contributed by atoms with E-state index in [1.165, 1.54) is 19.3 Å². The van der Waals surface area contributed by atoms with E-state index in [0.717, 1.165) is 12.2 Å². The van der Waals surface area contributed by atoms with E-state index in [2.05, 4.69) is 11.8 Å². The zero-order valence-corrected chi connectivity index (χ0v) is 12.5. The number of hydrogen-bond acceptors (Lipinski definition) is 4. The minimum Gasteiger partial charge on any atom is -0.494 e. The van der Waals surface area contributed by atoms with Gasteiger partial charge in [-0.1, -0.05) is 26.2 Å². The summed E-state index contributed by atoms with van der Waals surface area (Å²) in [7, 11) is 0. The maximum Gasteiger partial charge on any atom is 0.373 e. The smallest absolute Gasteiger partial charge is 0.373 e. The predicted octanol–water partition coefficient (Wildman–Crippen LogP) is 4.31. The molecule has 0 unspecified atom stereocenters. The lowest BCUT2D eigenvalue weighted by atomic mass is 10.2. The van der Waals surface area contributed by atoms with Crippen LogP contribution in [0.2, 0.25) is 0 Å². The van der Waals surface area contributed by atoms with E-state index in [4.69, 9.17) is 9.62 Å². The first-order chi connectivity index (χ1) is 9.63. The van der Waals surface area contributed by atoms with Gasteiger partial charge < -0.3 is 4.74 Å². The number of unbranched alkanes of at least 4 members (excludes halogenated alkanes) is 3. The molecule has 0 spiro atoms. The highest BCUT2D eigenvalue weighted by atomic mass is 17.2. The molecule has 0 bridgehead atoms. The molecule has 0 saturated heterocycles. The maximum absolute atomic E-state index is 11.6. The molecule has 4 heteroatoms. The molecule has 20 heavy (non-hydrogen) atoms. The van der Waals surface area contributed by atoms with Gasteiger partial charge in [0, 0.05) is 0 Å². The lowest BCUT2D eigenvalue weighted by Crippen LogP contribution is -2.07. The van der Waals surface area contributed by atoms with Gasteiger partial charge >= 0.3 is 5.97 Å². The number of carbonyl (C=O) groups excluding carboxylic acids is 1. The summed E-state index contributed by atoms with van der Waals surface area (Å²) in [6.45, 7) is 6.31. The predicted molar refractivity (Wildman–Crippen MR) is 77.2 cm³/mol. The molecule has 0 amide bonds. The monoisotopic (exact) mass is 279 g/mol. The van der Waals surface area contributed by atoms with Crippen LogP contribution in [0, 0.1) is 6.10 Å². The second-order valence-electron chi connectivity index (χ2n) is 4.80. The summed E-state index contributed by atoms with van der Waals surface area (Å²) >= 11 is 0. The Morgan fingerprint density at radius 3 is 2.30 bits per heavy atom. The molecule has 0 aliphatic rings. The van der Waals surface area contributed by atoms with Crippen molar-refractivity contribution in [2.45, 2.75) is 46.5 Å². The standard InChI is InChI=1S/C16H23O4/c1-4-5-6-7-12-18-15-10-8-14(9-11-15)16(17)20-19-13(2)3/h8-11H,4-7,12H2,1-3H3. The summed E-state index contributed by atoms with van der Waals surface area (Å²) in [5.41, 5.74) is 0.435. The SMILES string of the molecule is CCCCCCOc1ccc(C(=O)OO[C](C)C)cc1. The van der Waals surface area contributed by atoms with E-state index >= 15 is 0 Å². The van der Waals surface area contributed by atoms with Crippen molar-refractivity contribution in [1.29, 1.82) is 0 Å². The van der Waals surface area contributed by atoms with E-state index in [1.807, 2.05) is 0 Å². The third kappa shape index (κ3) is 6.57. The van der Waals surface area contributed by atoms with Gasteiger partial charge in [0.15, 0.2) is 0 Å². The van der Waals surface area contributed by atoms with Crippen LogP contribution < -0.4 is 4.74 Å². The van der Waals surface area contributed by atoms with Gasteiger partial charge in [-0.05, 0) is 44.5 Å². The van der Waals surface area contributed by atoms with Crippen LogP contribution in [0.5, 0.6) is 5.75 Å². The average Bonchev–Trinajstić information content (AvgIpc) is 2.45. The molecule has 0 heterocycles. The molecule has 1 rings (SSSR count). The average molecular weight is 279 g/mol. The van der Waals surface area contributed by atoms with Crippen molar-refractivity contribution in [1.82, 2.24) is 0 Å². The summed E-state index contributed by atoms with van der Waals surface area (Å²) in [5, 5.41) is 0. The Morgan fingerprint density at radius 2 is 1.70 bits per heavy atom. The van der Waals surface area contributed by atoms with Gasteiger partial charge in [0.2, 0.25) is 0 Å². The summed E-state index contributed by atoms with van der Waals surface area (Å²) < 4.78 is 5.60. The molecule has 0 aromatic heterocycles. The van der Waals surface area contributed by atoms with Crippen molar-refractivity contribution in [2.24, 2.45) is 0 Å². The number of hydrogen-bond donors (Lipinski definition) is 0. The Hall–Kier alpha value is -1.55. The quantitative estimate of drug-likeness (QED) is 0.384. The van der Waals surface area contributed by atoms with Gasteiger partial charge in [0.1, 0.15) is 11.9 Å². The van der Waals surface area contributed by atoms with Crippen molar-refractivity contribution < 1.29 is 19.3 Å². The molecular formula is C16H23O4. The number of ether oxygens (including phenoxy) is 1. The van der Waals surface area contributed by atoms with Crippen molar-refractivity contribution >= 4 is 5.97 Å². The van der Waals surface area contributed by atoms with Gasteiger partial charge in [-0.2, -0.15) is 4.89 Å². The van der Waals surface area contributed by atoms with E-state index < -0.39 is 5.97 Å². The molecule has 4 nitrogen and oxygen atoms in total. The molecule has 0 N–H and O–H groups in total. The summed E-state index contributed by atoms with van der Waals surface area (Å²) in [6.07, 6.45) is 5.27. The van der Waals surface area contributed by atoms with Gasteiger partial charge in [0.25, 0.3) is 0 Å². The van der Waals surface area contributed by atoms with E-state index in [1.54, 1.807) is 38.1 Å². The third-order valence-electron chi connectivity index (χ3n) is 2.64. The van der Waals surface area contributed by atoms with Crippen molar-refractivity contribution in [2.75, 3.05) is 6.61 Å².